The lowest BCUT2D eigenvalue weighted by molar-refractivity contribution is -0.145. The monoisotopic (exact) mass is 422 g/mol. The molecular formula is C20H23FN2O5S. The van der Waals surface area contributed by atoms with Crippen LogP contribution in [0.1, 0.15) is 35.6 Å². The van der Waals surface area contributed by atoms with Gasteiger partial charge in [-0.3, -0.25) is 4.79 Å². The van der Waals surface area contributed by atoms with Gasteiger partial charge in [0.2, 0.25) is 0 Å². The van der Waals surface area contributed by atoms with Gasteiger partial charge < -0.3 is 14.8 Å². The van der Waals surface area contributed by atoms with Crippen LogP contribution in [0, 0.1) is 18.7 Å². The number of amides is 1. The predicted octanol–water partition coefficient (Wildman–Crippen LogP) is 3.12. The van der Waals surface area contributed by atoms with Crippen LogP contribution in [0.15, 0.2) is 24.3 Å². The van der Waals surface area contributed by atoms with E-state index in [0.717, 1.165) is 11.3 Å². The molecule has 0 bridgehead atoms. The molecule has 1 atom stereocenters. The largest absolute Gasteiger partial charge is 0.467 e. The molecule has 0 unspecified atom stereocenters. The third kappa shape index (κ3) is 6.35. The Morgan fingerprint density at radius 2 is 1.86 bits per heavy atom. The van der Waals surface area contributed by atoms with E-state index in [4.69, 9.17) is 4.74 Å². The molecule has 9 heteroatoms. The molecule has 1 heterocycles. The van der Waals surface area contributed by atoms with Crippen molar-refractivity contribution in [2.24, 2.45) is 5.92 Å². The summed E-state index contributed by atoms with van der Waals surface area (Å²) < 4.78 is 22.8. The van der Waals surface area contributed by atoms with Gasteiger partial charge in [0.25, 0.3) is 5.91 Å². The quantitative estimate of drug-likeness (QED) is 0.657. The zero-order chi connectivity index (χ0) is 21.6. The number of carbonyl (C=O) groups is 3. The van der Waals surface area contributed by atoms with Crippen LogP contribution in [-0.4, -0.2) is 42.6 Å². The van der Waals surface area contributed by atoms with Gasteiger partial charge in [0, 0.05) is 5.56 Å². The van der Waals surface area contributed by atoms with E-state index in [1.54, 1.807) is 19.1 Å². The van der Waals surface area contributed by atoms with Gasteiger partial charge in [-0.25, -0.2) is 19.0 Å². The van der Waals surface area contributed by atoms with E-state index in [1.807, 2.05) is 13.8 Å². The van der Waals surface area contributed by atoms with Crippen LogP contribution in [0.25, 0.3) is 10.6 Å². The van der Waals surface area contributed by atoms with Crippen LogP contribution in [0.5, 0.6) is 0 Å². The number of benzene rings is 1. The molecule has 1 aromatic heterocycles. The van der Waals surface area contributed by atoms with Gasteiger partial charge in [-0.2, -0.15) is 0 Å². The summed E-state index contributed by atoms with van der Waals surface area (Å²) in [5.41, 5.74) is 1.12. The van der Waals surface area contributed by atoms with Crippen LogP contribution in [0.3, 0.4) is 0 Å². The molecule has 0 saturated heterocycles. The topological polar surface area (TPSA) is 94.6 Å². The first-order chi connectivity index (χ1) is 13.7. The summed E-state index contributed by atoms with van der Waals surface area (Å²) in [5.74, 6) is -2.06. The first-order valence-corrected chi connectivity index (χ1v) is 9.80. The van der Waals surface area contributed by atoms with Crippen LogP contribution < -0.4 is 5.32 Å². The first-order valence-electron chi connectivity index (χ1n) is 8.99. The van der Waals surface area contributed by atoms with Crippen molar-refractivity contribution in [1.29, 1.82) is 0 Å². The number of nitrogens with zero attached hydrogens (tertiary/aromatic N) is 1. The Morgan fingerprint density at radius 1 is 1.21 bits per heavy atom. The van der Waals surface area contributed by atoms with E-state index in [2.05, 4.69) is 15.0 Å². The van der Waals surface area contributed by atoms with Gasteiger partial charge in [-0.15, -0.1) is 11.3 Å². The molecule has 0 aliphatic rings. The minimum absolute atomic E-state index is 0.159. The highest BCUT2D eigenvalue weighted by molar-refractivity contribution is 7.17. The molecule has 0 fully saturated rings. The Balaban J connectivity index is 1.98. The van der Waals surface area contributed by atoms with Crippen molar-refractivity contribution in [2.75, 3.05) is 13.7 Å². The van der Waals surface area contributed by atoms with E-state index in [0.29, 0.717) is 22.7 Å². The molecule has 1 aromatic carbocycles. The number of halogens is 1. The van der Waals surface area contributed by atoms with E-state index in [9.17, 15) is 18.8 Å². The molecule has 0 spiro atoms. The summed E-state index contributed by atoms with van der Waals surface area (Å²) in [4.78, 5) is 40.8. The van der Waals surface area contributed by atoms with Gasteiger partial charge in [0.1, 0.15) is 21.7 Å². The van der Waals surface area contributed by atoms with Gasteiger partial charge >= 0.3 is 11.9 Å². The molecule has 0 radical (unpaired) electrons. The number of thiazole rings is 1. The fourth-order valence-corrected chi connectivity index (χ4v) is 3.53. The summed E-state index contributed by atoms with van der Waals surface area (Å²) in [6.45, 7) is 4.94. The maximum atomic E-state index is 13.1. The molecule has 2 aromatic rings. The van der Waals surface area contributed by atoms with Crippen LogP contribution in [0.2, 0.25) is 0 Å². The normalized spacial score (nSPS) is 11.8. The molecule has 0 saturated carbocycles. The van der Waals surface area contributed by atoms with Crippen molar-refractivity contribution < 1.29 is 28.2 Å². The van der Waals surface area contributed by atoms with Gasteiger partial charge in [-0.1, -0.05) is 13.8 Å². The summed E-state index contributed by atoms with van der Waals surface area (Å²) in [6.07, 6.45) is 0.404. The summed E-state index contributed by atoms with van der Waals surface area (Å²) in [6, 6.07) is 4.95. The van der Waals surface area contributed by atoms with Crippen LogP contribution in [0.4, 0.5) is 4.39 Å². The van der Waals surface area contributed by atoms with Crippen molar-refractivity contribution in [3.05, 3.63) is 40.7 Å². The number of aryl methyl sites for hydroxylation is 1. The number of hydrogen-bond donors (Lipinski definition) is 1. The minimum atomic E-state index is -0.804. The second-order valence-electron chi connectivity index (χ2n) is 6.79. The zero-order valence-electron chi connectivity index (χ0n) is 16.7. The van der Waals surface area contributed by atoms with Gasteiger partial charge in [0.15, 0.2) is 6.61 Å². The molecule has 156 valence electrons. The Bertz CT molecular complexity index is 879. The molecule has 1 N–H and O–H groups in total. The second kappa shape index (κ2) is 10.1. The number of methoxy groups -OCH3 is 1. The number of aromatic nitrogens is 1. The minimum Gasteiger partial charge on any atom is -0.467 e. The molecule has 0 aliphatic heterocycles. The molecule has 7 nitrogen and oxygen atoms in total. The highest BCUT2D eigenvalue weighted by atomic mass is 32.1. The lowest BCUT2D eigenvalue weighted by atomic mass is 10.0. The summed E-state index contributed by atoms with van der Waals surface area (Å²) in [7, 11) is 1.24. The second-order valence-corrected chi connectivity index (χ2v) is 7.79. The Hall–Kier alpha value is -2.81. The van der Waals surface area contributed by atoms with Crippen molar-refractivity contribution in [3.8, 4) is 10.6 Å². The van der Waals surface area contributed by atoms with E-state index in [1.165, 1.54) is 19.2 Å². The van der Waals surface area contributed by atoms with Crippen molar-refractivity contribution in [2.45, 2.75) is 33.2 Å². The maximum absolute atomic E-state index is 13.1. The Morgan fingerprint density at radius 3 is 2.45 bits per heavy atom. The number of ether oxygens (including phenoxy) is 2. The van der Waals surface area contributed by atoms with E-state index >= 15 is 0 Å². The standard InChI is InChI=1S/C20H23FN2O5S/c1-11(2)9-15(19(25)27-4)23-16(24)10-28-20(26)17-12(3)22-18(29-17)13-5-7-14(21)8-6-13/h5-8,11,15H,9-10H2,1-4H3,(H,23,24)/t15-/m0/s1. The molecule has 29 heavy (non-hydrogen) atoms. The first kappa shape index (κ1) is 22.5. The fourth-order valence-electron chi connectivity index (χ4n) is 2.56. The highest BCUT2D eigenvalue weighted by Gasteiger charge is 2.24. The maximum Gasteiger partial charge on any atom is 0.350 e. The van der Waals surface area contributed by atoms with Crippen molar-refractivity contribution in [3.63, 3.8) is 0 Å². The average molecular weight is 422 g/mol. The number of rotatable bonds is 8. The Kier molecular flexibility index (Phi) is 7.83. The molecule has 1 amide bonds. The fraction of sp³-hybridized carbons (Fsp3) is 0.400. The van der Waals surface area contributed by atoms with Crippen molar-refractivity contribution in [1.82, 2.24) is 10.3 Å². The zero-order valence-corrected chi connectivity index (χ0v) is 17.5. The van der Waals surface area contributed by atoms with Crippen LogP contribution in [-0.2, 0) is 19.1 Å². The van der Waals surface area contributed by atoms with E-state index in [-0.39, 0.29) is 16.6 Å². The third-order valence-corrected chi connectivity index (χ3v) is 5.12. The highest BCUT2D eigenvalue weighted by Crippen LogP contribution is 2.28. The predicted molar refractivity (Wildman–Crippen MR) is 106 cm³/mol. The number of carbonyl (C=O) groups excluding carboxylic acids is 3. The molecule has 2 rings (SSSR count). The number of esters is 2. The molecule has 0 aliphatic carbocycles. The summed E-state index contributed by atoms with van der Waals surface area (Å²) >= 11 is 1.10. The van der Waals surface area contributed by atoms with E-state index < -0.39 is 30.5 Å². The van der Waals surface area contributed by atoms with Gasteiger partial charge in [0.05, 0.1) is 12.8 Å². The Labute approximate surface area is 172 Å². The molecular weight excluding hydrogens is 399 g/mol. The SMILES string of the molecule is COC(=O)[C@H](CC(C)C)NC(=O)COC(=O)c1sc(-c2ccc(F)cc2)nc1C. The van der Waals surface area contributed by atoms with Crippen molar-refractivity contribution >= 4 is 29.2 Å². The number of hydrogen-bond acceptors (Lipinski definition) is 7. The third-order valence-electron chi connectivity index (χ3n) is 3.94. The lowest BCUT2D eigenvalue weighted by Gasteiger charge is -2.18. The average Bonchev–Trinajstić information content (AvgIpc) is 3.06. The van der Waals surface area contributed by atoms with Gasteiger partial charge in [-0.05, 0) is 43.5 Å². The lowest BCUT2D eigenvalue weighted by Crippen LogP contribution is -2.44. The van der Waals surface area contributed by atoms with Crippen LogP contribution >= 0.6 is 11.3 Å². The number of nitrogens with one attached hydrogen (secondary N) is 1. The summed E-state index contributed by atoms with van der Waals surface area (Å²) in [5, 5.41) is 3.06. The smallest absolute Gasteiger partial charge is 0.350 e.